The van der Waals surface area contributed by atoms with Gasteiger partial charge in [-0.2, -0.15) is 13.2 Å². The SMILES string of the molecule is Cc1c(F)c(O)c(C(=O)Nc2ccc(C(F)(F)F)cc2)c(=O)n1C. The van der Waals surface area contributed by atoms with Gasteiger partial charge >= 0.3 is 6.18 Å². The molecule has 0 aliphatic rings. The van der Waals surface area contributed by atoms with E-state index in [0.717, 1.165) is 28.8 Å². The number of pyridine rings is 1. The minimum atomic E-state index is -4.53. The highest BCUT2D eigenvalue weighted by atomic mass is 19.4. The smallest absolute Gasteiger partial charge is 0.416 e. The zero-order valence-electron chi connectivity index (χ0n) is 12.5. The number of aromatic hydroxyl groups is 1. The monoisotopic (exact) mass is 344 g/mol. The molecule has 1 aromatic carbocycles. The minimum absolute atomic E-state index is 0.0459. The maximum atomic E-state index is 13.8. The van der Waals surface area contributed by atoms with Crippen molar-refractivity contribution in [1.82, 2.24) is 4.57 Å². The number of hydrogen-bond acceptors (Lipinski definition) is 3. The number of benzene rings is 1. The van der Waals surface area contributed by atoms with Gasteiger partial charge in [0.15, 0.2) is 11.6 Å². The Labute approximate surface area is 133 Å². The summed E-state index contributed by atoms with van der Waals surface area (Å²) in [6, 6.07) is 3.44. The van der Waals surface area contributed by atoms with Crippen LogP contribution in [0.1, 0.15) is 21.6 Å². The number of aromatic nitrogens is 1. The second kappa shape index (κ2) is 5.99. The number of amides is 1. The summed E-state index contributed by atoms with van der Waals surface area (Å²) in [7, 11) is 1.22. The second-order valence-corrected chi connectivity index (χ2v) is 5.02. The van der Waals surface area contributed by atoms with E-state index in [1.54, 1.807) is 0 Å². The Morgan fingerprint density at radius 2 is 1.75 bits per heavy atom. The van der Waals surface area contributed by atoms with Gasteiger partial charge in [-0.3, -0.25) is 9.59 Å². The molecule has 5 nitrogen and oxygen atoms in total. The van der Waals surface area contributed by atoms with Gasteiger partial charge in [0.2, 0.25) is 0 Å². The van der Waals surface area contributed by atoms with Gasteiger partial charge in [-0.1, -0.05) is 0 Å². The van der Waals surface area contributed by atoms with Crippen LogP contribution in [-0.2, 0) is 13.2 Å². The van der Waals surface area contributed by atoms with Gasteiger partial charge < -0.3 is 15.0 Å². The molecular formula is C15H12F4N2O3. The molecule has 0 unspecified atom stereocenters. The Kier molecular flexibility index (Phi) is 4.37. The number of hydrogen-bond donors (Lipinski definition) is 2. The summed E-state index contributed by atoms with van der Waals surface area (Å²) in [6.07, 6.45) is -4.53. The Balaban J connectivity index is 2.36. The van der Waals surface area contributed by atoms with E-state index in [4.69, 9.17) is 0 Å². The molecule has 2 N–H and O–H groups in total. The van der Waals surface area contributed by atoms with E-state index in [1.807, 2.05) is 0 Å². The van der Waals surface area contributed by atoms with Gasteiger partial charge in [-0.25, -0.2) is 4.39 Å². The zero-order valence-corrected chi connectivity index (χ0v) is 12.5. The lowest BCUT2D eigenvalue weighted by Gasteiger charge is -2.12. The maximum absolute atomic E-state index is 13.8. The van der Waals surface area contributed by atoms with E-state index in [9.17, 15) is 32.3 Å². The molecule has 0 spiro atoms. The average molecular weight is 344 g/mol. The molecule has 2 rings (SSSR count). The van der Waals surface area contributed by atoms with Crippen LogP contribution >= 0.6 is 0 Å². The first-order valence-corrected chi connectivity index (χ1v) is 6.60. The molecule has 0 aliphatic heterocycles. The number of carbonyl (C=O) groups excluding carboxylic acids is 1. The Hall–Kier alpha value is -2.84. The predicted molar refractivity (Wildman–Crippen MR) is 77.4 cm³/mol. The lowest BCUT2D eigenvalue weighted by molar-refractivity contribution is -0.137. The molecule has 128 valence electrons. The molecular weight excluding hydrogens is 332 g/mol. The Morgan fingerprint density at radius 3 is 2.25 bits per heavy atom. The topological polar surface area (TPSA) is 71.3 Å². The number of halogens is 4. The highest BCUT2D eigenvalue weighted by molar-refractivity contribution is 6.05. The van der Waals surface area contributed by atoms with E-state index >= 15 is 0 Å². The van der Waals surface area contributed by atoms with Crippen LogP contribution in [0.5, 0.6) is 5.75 Å². The molecule has 0 aliphatic carbocycles. The third-order valence-corrected chi connectivity index (χ3v) is 3.48. The van der Waals surface area contributed by atoms with Crippen molar-refractivity contribution in [2.45, 2.75) is 13.1 Å². The molecule has 1 amide bonds. The summed E-state index contributed by atoms with van der Waals surface area (Å²) in [5.74, 6) is -3.37. The quantitative estimate of drug-likeness (QED) is 0.823. The number of rotatable bonds is 2. The normalized spacial score (nSPS) is 11.4. The van der Waals surface area contributed by atoms with E-state index in [2.05, 4.69) is 5.32 Å². The van der Waals surface area contributed by atoms with Crippen LogP contribution < -0.4 is 10.9 Å². The lowest BCUT2D eigenvalue weighted by atomic mass is 10.1. The average Bonchev–Trinajstić information content (AvgIpc) is 2.51. The molecule has 9 heteroatoms. The number of nitrogens with one attached hydrogen (secondary N) is 1. The van der Waals surface area contributed by atoms with Gasteiger partial charge in [0.25, 0.3) is 11.5 Å². The second-order valence-electron chi connectivity index (χ2n) is 5.02. The Bertz CT molecular complexity index is 855. The van der Waals surface area contributed by atoms with Crippen LogP contribution in [0.25, 0.3) is 0 Å². The van der Waals surface area contributed by atoms with Crippen LogP contribution in [0.15, 0.2) is 29.1 Å². The molecule has 1 aromatic heterocycles. The largest absolute Gasteiger partial charge is 0.504 e. The van der Waals surface area contributed by atoms with Crippen LogP contribution in [-0.4, -0.2) is 15.6 Å². The zero-order chi connectivity index (χ0) is 18.2. The lowest BCUT2D eigenvalue weighted by Crippen LogP contribution is -2.30. The predicted octanol–water partition coefficient (Wildman–Crippen LogP) is 2.81. The molecule has 0 saturated carbocycles. The third-order valence-electron chi connectivity index (χ3n) is 3.48. The van der Waals surface area contributed by atoms with Crippen molar-refractivity contribution >= 4 is 11.6 Å². The molecule has 1 heterocycles. The van der Waals surface area contributed by atoms with Crippen LogP contribution in [0.4, 0.5) is 23.2 Å². The van der Waals surface area contributed by atoms with E-state index in [1.165, 1.54) is 14.0 Å². The van der Waals surface area contributed by atoms with Crippen LogP contribution in [0, 0.1) is 12.7 Å². The summed E-state index contributed by atoms with van der Waals surface area (Å²) in [5, 5.41) is 11.8. The number of carbonyl (C=O) groups is 1. The van der Waals surface area contributed by atoms with E-state index in [-0.39, 0.29) is 11.4 Å². The first-order valence-electron chi connectivity index (χ1n) is 6.60. The molecule has 24 heavy (non-hydrogen) atoms. The molecule has 2 aromatic rings. The number of nitrogens with zero attached hydrogens (tertiary/aromatic N) is 1. The maximum Gasteiger partial charge on any atom is 0.416 e. The van der Waals surface area contributed by atoms with Crippen LogP contribution in [0.3, 0.4) is 0 Å². The summed E-state index contributed by atoms with van der Waals surface area (Å²) in [4.78, 5) is 24.1. The molecule has 0 atom stereocenters. The van der Waals surface area contributed by atoms with Gasteiger partial charge in [0, 0.05) is 12.7 Å². The molecule has 0 fully saturated rings. The third kappa shape index (κ3) is 3.10. The minimum Gasteiger partial charge on any atom is -0.504 e. The highest BCUT2D eigenvalue weighted by Crippen LogP contribution is 2.30. The Morgan fingerprint density at radius 1 is 1.21 bits per heavy atom. The van der Waals surface area contributed by atoms with Crippen molar-refractivity contribution in [2.24, 2.45) is 7.05 Å². The number of alkyl halides is 3. The molecule has 0 radical (unpaired) electrons. The van der Waals surface area contributed by atoms with E-state index < -0.39 is 40.3 Å². The van der Waals surface area contributed by atoms with E-state index in [0.29, 0.717) is 0 Å². The van der Waals surface area contributed by atoms with Crippen molar-refractivity contribution in [2.75, 3.05) is 5.32 Å². The fraction of sp³-hybridized carbons (Fsp3) is 0.200. The fourth-order valence-electron chi connectivity index (χ4n) is 1.99. The van der Waals surface area contributed by atoms with Gasteiger partial charge in [-0.05, 0) is 31.2 Å². The fourth-order valence-corrected chi connectivity index (χ4v) is 1.99. The van der Waals surface area contributed by atoms with Gasteiger partial charge in [0.05, 0.1) is 11.3 Å². The summed E-state index contributed by atoms with van der Waals surface area (Å²) < 4.78 is 52.1. The van der Waals surface area contributed by atoms with Crippen molar-refractivity contribution in [1.29, 1.82) is 0 Å². The van der Waals surface area contributed by atoms with Gasteiger partial charge in [0.1, 0.15) is 5.56 Å². The van der Waals surface area contributed by atoms with Crippen molar-refractivity contribution in [3.8, 4) is 5.75 Å². The van der Waals surface area contributed by atoms with Crippen molar-refractivity contribution in [3.05, 3.63) is 57.3 Å². The summed E-state index contributed by atoms with van der Waals surface area (Å²) in [6.45, 7) is 1.24. The standard InChI is InChI=1S/C15H12F4N2O3/c1-7-11(16)12(22)10(14(24)21(7)2)13(23)20-9-5-3-8(4-6-9)15(17,18)19/h3-6,22H,1-2H3,(H,20,23). The molecule has 0 saturated heterocycles. The first kappa shape index (κ1) is 17.5. The van der Waals surface area contributed by atoms with Gasteiger partial charge in [-0.15, -0.1) is 0 Å². The number of anilines is 1. The highest BCUT2D eigenvalue weighted by Gasteiger charge is 2.30. The first-order chi connectivity index (χ1) is 11.0. The summed E-state index contributed by atoms with van der Waals surface area (Å²) >= 11 is 0. The van der Waals surface area contributed by atoms with Crippen LogP contribution in [0.2, 0.25) is 0 Å². The molecule has 0 bridgehead atoms. The summed E-state index contributed by atoms with van der Waals surface area (Å²) in [5.41, 5.74) is -2.89. The van der Waals surface area contributed by atoms with Crippen molar-refractivity contribution < 1.29 is 27.5 Å². The van der Waals surface area contributed by atoms with Crippen molar-refractivity contribution in [3.63, 3.8) is 0 Å².